The van der Waals surface area contributed by atoms with E-state index in [1.165, 1.54) is 6.42 Å². The molecular weight excluding hydrogens is 190 g/mol. The van der Waals surface area contributed by atoms with Crippen LogP contribution in [0.15, 0.2) is 0 Å². The summed E-state index contributed by atoms with van der Waals surface area (Å²) in [4.78, 5) is 10.9. The van der Waals surface area contributed by atoms with E-state index in [1.807, 2.05) is 0 Å². The molecule has 0 aromatic carbocycles. The molecule has 0 amide bonds. The fourth-order valence-electron chi connectivity index (χ4n) is 2.81. The molecule has 0 spiro atoms. The molecule has 3 N–H and O–H groups in total. The monoisotopic (exact) mass is 213 g/mol. The summed E-state index contributed by atoms with van der Waals surface area (Å²) < 4.78 is 0. The third kappa shape index (κ3) is 3.20. The minimum atomic E-state index is -0.704. The van der Waals surface area contributed by atoms with Crippen LogP contribution in [-0.4, -0.2) is 17.6 Å². The van der Waals surface area contributed by atoms with Crippen molar-refractivity contribution in [2.75, 3.05) is 6.54 Å². The van der Waals surface area contributed by atoms with Crippen molar-refractivity contribution in [3.05, 3.63) is 0 Å². The lowest BCUT2D eigenvalue weighted by molar-refractivity contribution is -0.140. The van der Waals surface area contributed by atoms with Gasteiger partial charge in [-0.25, -0.2) is 0 Å². The zero-order chi connectivity index (χ0) is 11.5. The van der Waals surface area contributed by atoms with Crippen molar-refractivity contribution in [2.45, 2.75) is 46.0 Å². The largest absolute Gasteiger partial charge is 0.481 e. The van der Waals surface area contributed by atoms with Crippen LogP contribution in [0.2, 0.25) is 0 Å². The van der Waals surface area contributed by atoms with Crippen LogP contribution in [0.4, 0.5) is 0 Å². The molecule has 0 saturated heterocycles. The van der Waals surface area contributed by atoms with Gasteiger partial charge in [-0.1, -0.05) is 26.7 Å². The van der Waals surface area contributed by atoms with Gasteiger partial charge in [0, 0.05) is 0 Å². The van der Waals surface area contributed by atoms with E-state index in [0.29, 0.717) is 18.4 Å². The van der Waals surface area contributed by atoms with Gasteiger partial charge < -0.3 is 10.8 Å². The first-order chi connectivity index (χ1) is 6.99. The number of carboxylic acid groups (broad SMARTS) is 1. The van der Waals surface area contributed by atoms with E-state index in [4.69, 9.17) is 10.8 Å². The van der Waals surface area contributed by atoms with Gasteiger partial charge in [-0.2, -0.15) is 0 Å². The molecule has 0 bridgehead atoms. The van der Waals surface area contributed by atoms with E-state index in [0.717, 1.165) is 19.3 Å². The predicted molar refractivity (Wildman–Crippen MR) is 60.5 cm³/mol. The number of hydrogen-bond donors (Lipinski definition) is 2. The highest BCUT2D eigenvalue weighted by Crippen LogP contribution is 2.43. The second-order valence-electron chi connectivity index (χ2n) is 5.38. The first kappa shape index (κ1) is 12.5. The number of nitrogens with two attached hydrogens (primary N) is 1. The number of rotatable bonds is 4. The standard InChI is InChI=1S/C12H23NO2/c1-9(2)10-4-3-5-12(6-10,8-13)7-11(14)15/h9-10H,3-8,13H2,1-2H3,(H,14,15)/t10-,12+/m1/s1. The summed E-state index contributed by atoms with van der Waals surface area (Å²) in [5.74, 6) is 0.594. The molecule has 1 saturated carbocycles. The van der Waals surface area contributed by atoms with Crippen molar-refractivity contribution in [1.29, 1.82) is 0 Å². The smallest absolute Gasteiger partial charge is 0.303 e. The Morgan fingerprint density at radius 2 is 2.27 bits per heavy atom. The minimum absolute atomic E-state index is 0.126. The Morgan fingerprint density at radius 1 is 1.60 bits per heavy atom. The van der Waals surface area contributed by atoms with Crippen molar-refractivity contribution in [2.24, 2.45) is 23.0 Å². The lowest BCUT2D eigenvalue weighted by atomic mass is 9.65. The van der Waals surface area contributed by atoms with Crippen molar-refractivity contribution in [1.82, 2.24) is 0 Å². The van der Waals surface area contributed by atoms with E-state index in [-0.39, 0.29) is 11.8 Å². The summed E-state index contributed by atoms with van der Waals surface area (Å²) in [5.41, 5.74) is 5.66. The number of carboxylic acids is 1. The Kier molecular flexibility index (Phi) is 4.14. The Hall–Kier alpha value is -0.570. The third-order valence-corrected chi connectivity index (χ3v) is 3.88. The van der Waals surface area contributed by atoms with Gasteiger partial charge in [0.05, 0.1) is 6.42 Å². The van der Waals surface area contributed by atoms with Crippen LogP contribution in [-0.2, 0) is 4.79 Å². The van der Waals surface area contributed by atoms with Gasteiger partial charge >= 0.3 is 5.97 Å². The summed E-state index contributed by atoms with van der Waals surface area (Å²) in [6.07, 6.45) is 4.59. The van der Waals surface area contributed by atoms with E-state index in [9.17, 15) is 4.79 Å². The normalized spacial score (nSPS) is 31.9. The third-order valence-electron chi connectivity index (χ3n) is 3.88. The highest BCUT2D eigenvalue weighted by molar-refractivity contribution is 5.67. The van der Waals surface area contributed by atoms with Crippen molar-refractivity contribution >= 4 is 5.97 Å². The zero-order valence-electron chi connectivity index (χ0n) is 9.83. The Bertz CT molecular complexity index is 228. The molecular formula is C12H23NO2. The lowest BCUT2D eigenvalue weighted by Crippen LogP contribution is -2.38. The highest BCUT2D eigenvalue weighted by Gasteiger charge is 2.37. The Labute approximate surface area is 92.0 Å². The van der Waals surface area contributed by atoms with E-state index < -0.39 is 5.97 Å². The molecule has 2 atom stereocenters. The molecule has 0 aromatic heterocycles. The molecule has 88 valence electrons. The second-order valence-corrected chi connectivity index (χ2v) is 5.38. The quantitative estimate of drug-likeness (QED) is 0.753. The van der Waals surface area contributed by atoms with Crippen LogP contribution in [0.1, 0.15) is 46.0 Å². The molecule has 3 nitrogen and oxygen atoms in total. The molecule has 1 aliphatic rings. The van der Waals surface area contributed by atoms with E-state index >= 15 is 0 Å². The second kappa shape index (κ2) is 4.97. The average molecular weight is 213 g/mol. The van der Waals surface area contributed by atoms with Crippen LogP contribution >= 0.6 is 0 Å². The van der Waals surface area contributed by atoms with Gasteiger partial charge in [0.25, 0.3) is 0 Å². The molecule has 1 fully saturated rings. The summed E-state index contributed by atoms with van der Waals surface area (Å²) in [7, 11) is 0. The van der Waals surface area contributed by atoms with Crippen LogP contribution in [0.25, 0.3) is 0 Å². The molecule has 3 heteroatoms. The van der Waals surface area contributed by atoms with Crippen LogP contribution in [0, 0.1) is 17.3 Å². The minimum Gasteiger partial charge on any atom is -0.481 e. The first-order valence-electron chi connectivity index (χ1n) is 5.91. The summed E-state index contributed by atoms with van der Waals surface area (Å²) in [6.45, 7) is 4.96. The summed E-state index contributed by atoms with van der Waals surface area (Å²) >= 11 is 0. The molecule has 0 aromatic rings. The average Bonchev–Trinajstić information content (AvgIpc) is 2.17. The highest BCUT2D eigenvalue weighted by atomic mass is 16.4. The van der Waals surface area contributed by atoms with Crippen molar-refractivity contribution < 1.29 is 9.90 Å². The van der Waals surface area contributed by atoms with E-state index in [2.05, 4.69) is 13.8 Å². The van der Waals surface area contributed by atoms with E-state index in [1.54, 1.807) is 0 Å². The molecule has 1 rings (SSSR count). The fraction of sp³-hybridized carbons (Fsp3) is 0.917. The van der Waals surface area contributed by atoms with Gasteiger partial charge in [0.15, 0.2) is 0 Å². The SMILES string of the molecule is CC(C)[C@@H]1CCC[C@@](CN)(CC(=O)O)C1. The molecule has 0 heterocycles. The van der Waals surface area contributed by atoms with Gasteiger partial charge in [0.2, 0.25) is 0 Å². The zero-order valence-corrected chi connectivity index (χ0v) is 9.83. The molecule has 15 heavy (non-hydrogen) atoms. The number of aliphatic carboxylic acids is 1. The summed E-state index contributed by atoms with van der Waals surface area (Å²) in [6, 6.07) is 0. The van der Waals surface area contributed by atoms with Gasteiger partial charge in [-0.05, 0) is 36.6 Å². The maximum absolute atomic E-state index is 10.9. The van der Waals surface area contributed by atoms with Crippen molar-refractivity contribution in [3.8, 4) is 0 Å². The van der Waals surface area contributed by atoms with Gasteiger partial charge in [-0.3, -0.25) is 4.79 Å². The maximum atomic E-state index is 10.9. The van der Waals surface area contributed by atoms with Crippen LogP contribution in [0.5, 0.6) is 0 Å². The predicted octanol–water partition coefficient (Wildman–Crippen LogP) is 2.25. The number of carbonyl (C=O) groups is 1. The van der Waals surface area contributed by atoms with Crippen LogP contribution < -0.4 is 5.73 Å². The first-order valence-corrected chi connectivity index (χ1v) is 5.91. The lowest BCUT2D eigenvalue weighted by Gasteiger charge is -2.40. The molecule has 0 radical (unpaired) electrons. The Balaban J connectivity index is 2.67. The molecule has 1 aliphatic carbocycles. The number of hydrogen-bond acceptors (Lipinski definition) is 2. The van der Waals surface area contributed by atoms with Gasteiger partial charge in [-0.15, -0.1) is 0 Å². The Morgan fingerprint density at radius 3 is 2.73 bits per heavy atom. The maximum Gasteiger partial charge on any atom is 0.303 e. The summed E-state index contributed by atoms with van der Waals surface area (Å²) in [5, 5.41) is 8.93. The molecule has 0 aliphatic heterocycles. The molecule has 0 unspecified atom stereocenters. The van der Waals surface area contributed by atoms with Gasteiger partial charge in [0.1, 0.15) is 0 Å². The van der Waals surface area contributed by atoms with Crippen LogP contribution in [0.3, 0.4) is 0 Å². The fourth-order valence-corrected chi connectivity index (χ4v) is 2.81. The topological polar surface area (TPSA) is 63.3 Å². The van der Waals surface area contributed by atoms with Crippen molar-refractivity contribution in [3.63, 3.8) is 0 Å².